The minimum absolute atomic E-state index is 0.200. The van der Waals surface area contributed by atoms with Gasteiger partial charge in [0.1, 0.15) is 17.2 Å². The molecule has 0 saturated heterocycles. The first-order chi connectivity index (χ1) is 9.99. The maximum absolute atomic E-state index is 11.4. The van der Waals surface area contributed by atoms with Crippen LogP contribution in [0, 0.1) is 0 Å². The molecule has 0 bridgehead atoms. The van der Waals surface area contributed by atoms with Crippen LogP contribution in [-0.4, -0.2) is 21.0 Å². The number of carboxylic acid groups (broad SMARTS) is 1. The van der Waals surface area contributed by atoms with Gasteiger partial charge < -0.3 is 9.84 Å². The smallest absolute Gasteiger partial charge is 0.336 e. The van der Waals surface area contributed by atoms with E-state index in [4.69, 9.17) is 16.3 Å². The molecule has 108 valence electrons. The third-order valence-electron chi connectivity index (χ3n) is 2.69. The lowest BCUT2D eigenvalue weighted by Crippen LogP contribution is -2.03. The zero-order valence-corrected chi connectivity index (χ0v) is 12.3. The van der Waals surface area contributed by atoms with Gasteiger partial charge in [-0.15, -0.1) is 0 Å². The predicted molar refractivity (Wildman–Crippen MR) is 79.5 cm³/mol. The van der Waals surface area contributed by atoms with Gasteiger partial charge in [0.2, 0.25) is 5.88 Å². The van der Waals surface area contributed by atoms with Crippen LogP contribution in [0.5, 0.6) is 11.6 Å². The van der Waals surface area contributed by atoms with E-state index in [2.05, 4.69) is 9.97 Å². The molecule has 1 aromatic carbocycles. The second-order valence-corrected chi connectivity index (χ2v) is 4.84. The lowest BCUT2D eigenvalue weighted by molar-refractivity contribution is -0.130. The van der Waals surface area contributed by atoms with Crippen molar-refractivity contribution in [2.75, 3.05) is 0 Å². The number of carbonyl (C=O) groups is 1. The van der Waals surface area contributed by atoms with E-state index >= 15 is 0 Å². The maximum atomic E-state index is 11.4. The molecule has 0 aliphatic rings. The molecule has 1 aromatic heterocycles. The Kier molecular flexibility index (Phi) is 4.55. The summed E-state index contributed by atoms with van der Waals surface area (Å²) >= 11 is 5.78. The number of carboxylic acids is 1. The van der Waals surface area contributed by atoms with Crippen molar-refractivity contribution in [3.63, 3.8) is 0 Å². The van der Waals surface area contributed by atoms with Crippen molar-refractivity contribution < 1.29 is 14.6 Å². The molecule has 0 aliphatic carbocycles. The van der Waals surface area contributed by atoms with Crippen molar-refractivity contribution >= 4 is 23.1 Å². The number of rotatable bonds is 4. The fourth-order valence-corrected chi connectivity index (χ4v) is 1.98. The van der Waals surface area contributed by atoms with Crippen molar-refractivity contribution in [3.8, 4) is 11.6 Å². The van der Waals surface area contributed by atoms with Crippen LogP contribution in [0.4, 0.5) is 0 Å². The van der Waals surface area contributed by atoms with Crippen molar-refractivity contribution in [1.29, 1.82) is 0 Å². The fourth-order valence-electron chi connectivity index (χ4n) is 1.85. The molecule has 0 saturated carbocycles. The number of ether oxygens (including phenoxy) is 1. The number of para-hydroxylation sites is 1. The third kappa shape index (κ3) is 3.58. The van der Waals surface area contributed by atoms with E-state index in [1.807, 2.05) is 0 Å². The predicted octanol–water partition coefficient (Wildman–Crippen LogP) is 3.80. The number of nitrogens with zero attached hydrogens (tertiary/aromatic N) is 2. The molecule has 0 spiro atoms. The molecule has 0 aliphatic heterocycles. The Labute approximate surface area is 126 Å². The standard InChI is InChI=1S/C15H13ClN2O3/c1-9(2)14(15(19)20)10-5-3-4-6-11(10)21-13-7-12(16)17-8-18-13/h3-8H,1-2H3,(H,19,20). The number of hydrogen-bond acceptors (Lipinski definition) is 4. The van der Waals surface area contributed by atoms with Crippen molar-refractivity contribution in [2.45, 2.75) is 13.8 Å². The summed E-state index contributed by atoms with van der Waals surface area (Å²) in [5.74, 6) is -0.362. The summed E-state index contributed by atoms with van der Waals surface area (Å²) in [6.07, 6.45) is 1.28. The Morgan fingerprint density at radius 1 is 1.24 bits per heavy atom. The molecule has 0 fully saturated rings. The number of aliphatic carboxylic acids is 1. The Bertz CT molecular complexity index is 710. The van der Waals surface area contributed by atoms with Crippen molar-refractivity contribution in [3.05, 3.63) is 52.9 Å². The van der Waals surface area contributed by atoms with Gasteiger partial charge in [-0.1, -0.05) is 35.4 Å². The quantitative estimate of drug-likeness (QED) is 0.687. The molecule has 2 rings (SSSR count). The molecule has 21 heavy (non-hydrogen) atoms. The SMILES string of the molecule is CC(C)=C(C(=O)O)c1ccccc1Oc1cc(Cl)ncn1. The van der Waals surface area contributed by atoms with Crippen LogP contribution in [-0.2, 0) is 4.79 Å². The summed E-state index contributed by atoms with van der Waals surface area (Å²) < 4.78 is 5.64. The van der Waals surface area contributed by atoms with Crippen LogP contribution in [0.25, 0.3) is 5.57 Å². The van der Waals surface area contributed by atoms with E-state index in [-0.39, 0.29) is 16.6 Å². The van der Waals surface area contributed by atoms with Gasteiger partial charge in [0, 0.05) is 11.6 Å². The Morgan fingerprint density at radius 2 is 1.95 bits per heavy atom. The highest BCUT2D eigenvalue weighted by molar-refractivity contribution is 6.29. The van der Waals surface area contributed by atoms with Crippen LogP contribution in [0.3, 0.4) is 0 Å². The zero-order valence-electron chi connectivity index (χ0n) is 11.5. The van der Waals surface area contributed by atoms with Crippen LogP contribution >= 0.6 is 11.6 Å². The van der Waals surface area contributed by atoms with E-state index in [1.54, 1.807) is 38.1 Å². The number of halogens is 1. The molecule has 1 heterocycles. The summed E-state index contributed by atoms with van der Waals surface area (Å²) in [6, 6.07) is 8.33. The molecular formula is C15H13ClN2O3. The van der Waals surface area contributed by atoms with Crippen LogP contribution in [0.1, 0.15) is 19.4 Å². The second kappa shape index (κ2) is 6.37. The van der Waals surface area contributed by atoms with Gasteiger partial charge in [-0.25, -0.2) is 14.8 Å². The monoisotopic (exact) mass is 304 g/mol. The topological polar surface area (TPSA) is 72.3 Å². The maximum Gasteiger partial charge on any atom is 0.336 e. The van der Waals surface area contributed by atoms with Gasteiger partial charge in [-0.3, -0.25) is 0 Å². The summed E-state index contributed by atoms with van der Waals surface area (Å²) in [7, 11) is 0. The highest BCUT2D eigenvalue weighted by atomic mass is 35.5. The average molecular weight is 305 g/mol. The van der Waals surface area contributed by atoms with Gasteiger partial charge in [0.05, 0.1) is 5.57 Å². The molecule has 0 radical (unpaired) electrons. The summed E-state index contributed by atoms with van der Waals surface area (Å²) in [6.45, 7) is 3.48. The summed E-state index contributed by atoms with van der Waals surface area (Å²) in [5.41, 5.74) is 1.37. The van der Waals surface area contributed by atoms with Crippen molar-refractivity contribution in [1.82, 2.24) is 9.97 Å². The van der Waals surface area contributed by atoms with Gasteiger partial charge in [-0.05, 0) is 19.9 Å². The number of aromatic nitrogens is 2. The Hall–Kier alpha value is -2.40. The second-order valence-electron chi connectivity index (χ2n) is 4.46. The zero-order chi connectivity index (χ0) is 15.4. The molecule has 2 aromatic rings. The van der Waals surface area contributed by atoms with Gasteiger partial charge in [-0.2, -0.15) is 0 Å². The molecule has 1 N–H and O–H groups in total. The van der Waals surface area contributed by atoms with Gasteiger partial charge in [0.15, 0.2) is 0 Å². The molecular weight excluding hydrogens is 292 g/mol. The minimum atomic E-state index is -1.01. The molecule has 0 unspecified atom stereocenters. The number of hydrogen-bond donors (Lipinski definition) is 1. The van der Waals surface area contributed by atoms with E-state index < -0.39 is 5.97 Å². The molecule has 6 heteroatoms. The Balaban J connectivity index is 2.47. The fraction of sp³-hybridized carbons (Fsp3) is 0.133. The normalized spacial score (nSPS) is 10.0. The first-order valence-corrected chi connectivity index (χ1v) is 6.52. The average Bonchev–Trinajstić information content (AvgIpc) is 2.40. The third-order valence-corrected chi connectivity index (χ3v) is 2.90. The molecule has 0 atom stereocenters. The van der Waals surface area contributed by atoms with Crippen LogP contribution in [0.15, 0.2) is 42.2 Å². The summed E-state index contributed by atoms with van der Waals surface area (Å²) in [4.78, 5) is 19.2. The first-order valence-electron chi connectivity index (χ1n) is 6.14. The molecule has 0 amide bonds. The lowest BCUT2D eigenvalue weighted by atomic mass is 10.0. The van der Waals surface area contributed by atoms with Gasteiger partial charge >= 0.3 is 5.97 Å². The summed E-state index contributed by atoms with van der Waals surface area (Å²) in [5, 5.41) is 9.62. The van der Waals surface area contributed by atoms with E-state index in [0.29, 0.717) is 16.9 Å². The molecule has 5 nitrogen and oxygen atoms in total. The van der Waals surface area contributed by atoms with E-state index in [0.717, 1.165) is 0 Å². The lowest BCUT2D eigenvalue weighted by Gasteiger charge is -2.12. The first kappa shape index (κ1) is 15.0. The highest BCUT2D eigenvalue weighted by Gasteiger charge is 2.17. The van der Waals surface area contributed by atoms with Crippen LogP contribution in [0.2, 0.25) is 5.15 Å². The Morgan fingerprint density at radius 3 is 2.57 bits per heavy atom. The largest absolute Gasteiger partial charge is 0.478 e. The van der Waals surface area contributed by atoms with E-state index in [1.165, 1.54) is 12.4 Å². The highest BCUT2D eigenvalue weighted by Crippen LogP contribution is 2.31. The number of benzene rings is 1. The van der Waals surface area contributed by atoms with Crippen LogP contribution < -0.4 is 4.74 Å². The van der Waals surface area contributed by atoms with Crippen molar-refractivity contribution in [2.24, 2.45) is 0 Å². The van der Waals surface area contributed by atoms with E-state index in [9.17, 15) is 9.90 Å². The minimum Gasteiger partial charge on any atom is -0.478 e. The van der Waals surface area contributed by atoms with Gasteiger partial charge in [0.25, 0.3) is 0 Å². The number of allylic oxidation sites excluding steroid dienone is 1.